The summed E-state index contributed by atoms with van der Waals surface area (Å²) in [4.78, 5) is 30.8. The molecule has 0 bridgehead atoms. The third-order valence-electron chi connectivity index (χ3n) is 6.12. The van der Waals surface area contributed by atoms with Crippen molar-refractivity contribution < 1.29 is 23.1 Å². The van der Waals surface area contributed by atoms with Crippen LogP contribution in [0, 0.1) is 5.82 Å². The van der Waals surface area contributed by atoms with Gasteiger partial charge >= 0.3 is 6.09 Å². The summed E-state index contributed by atoms with van der Waals surface area (Å²) < 4.78 is 31.7. The number of benzene rings is 2. The molecule has 0 aliphatic heterocycles. The SMILES string of the molecule is CCCCOc1c(-c2nnc(Cc3ccc(F)cc3)o2)nc(C(C)(C)NC(=O)OCc2ccccc2)n(C)c1=O. The minimum Gasteiger partial charge on any atom is -0.486 e. The summed E-state index contributed by atoms with van der Waals surface area (Å²) in [5, 5.41) is 11.0. The quantitative estimate of drug-likeness (QED) is 0.262. The van der Waals surface area contributed by atoms with Crippen molar-refractivity contribution in [2.45, 2.75) is 52.2 Å². The van der Waals surface area contributed by atoms with E-state index in [2.05, 4.69) is 20.5 Å². The normalized spacial score (nSPS) is 11.3. The second-order valence-corrected chi connectivity index (χ2v) is 9.80. The number of nitrogens with one attached hydrogen (secondary N) is 1. The van der Waals surface area contributed by atoms with E-state index in [-0.39, 0.29) is 47.9 Å². The van der Waals surface area contributed by atoms with Gasteiger partial charge in [0.05, 0.1) is 18.6 Å². The Hall–Kier alpha value is -4.54. The van der Waals surface area contributed by atoms with Gasteiger partial charge in [-0.2, -0.15) is 0 Å². The fourth-order valence-electron chi connectivity index (χ4n) is 4.00. The average molecular weight is 550 g/mol. The third kappa shape index (κ3) is 6.90. The number of nitrogens with zero attached hydrogens (tertiary/aromatic N) is 4. The first-order valence-electron chi connectivity index (χ1n) is 13.0. The molecule has 0 radical (unpaired) electrons. The molecule has 11 heteroatoms. The minimum atomic E-state index is -1.13. The summed E-state index contributed by atoms with van der Waals surface area (Å²) >= 11 is 0. The molecule has 2 aromatic carbocycles. The highest BCUT2D eigenvalue weighted by atomic mass is 19.1. The number of rotatable bonds is 11. The Morgan fingerprint density at radius 2 is 1.80 bits per heavy atom. The van der Waals surface area contributed by atoms with E-state index in [0.29, 0.717) is 6.61 Å². The molecule has 0 aliphatic rings. The Balaban J connectivity index is 1.63. The molecule has 2 aromatic heterocycles. The first-order chi connectivity index (χ1) is 19.2. The molecule has 4 rings (SSSR count). The van der Waals surface area contributed by atoms with Crippen LogP contribution in [0.5, 0.6) is 5.75 Å². The van der Waals surface area contributed by atoms with Crippen LogP contribution in [0.15, 0.2) is 63.8 Å². The second kappa shape index (κ2) is 12.5. The Kier molecular flexibility index (Phi) is 8.93. The van der Waals surface area contributed by atoms with E-state index < -0.39 is 17.2 Å². The van der Waals surface area contributed by atoms with Crippen molar-refractivity contribution >= 4 is 6.09 Å². The van der Waals surface area contributed by atoms with E-state index in [4.69, 9.17) is 13.9 Å². The molecule has 0 aliphatic carbocycles. The van der Waals surface area contributed by atoms with Crippen LogP contribution in [-0.2, 0) is 30.4 Å². The number of hydrogen-bond donors (Lipinski definition) is 1. The van der Waals surface area contributed by atoms with Gasteiger partial charge in [-0.05, 0) is 43.5 Å². The standard InChI is InChI=1S/C29H32FN5O5/c1-5-6-16-38-24-23(25-34-33-22(40-25)17-19-12-14-21(30)15-13-19)31-27(35(4)26(24)36)29(2,3)32-28(37)39-18-20-10-8-7-9-11-20/h7-15H,5-6,16-18H2,1-4H3,(H,32,37). The van der Waals surface area contributed by atoms with E-state index in [9.17, 15) is 14.0 Å². The molecular weight excluding hydrogens is 517 g/mol. The molecule has 4 aromatic rings. The average Bonchev–Trinajstić information content (AvgIpc) is 3.39. The summed E-state index contributed by atoms with van der Waals surface area (Å²) in [7, 11) is 1.55. The number of amides is 1. The maximum absolute atomic E-state index is 13.5. The Morgan fingerprint density at radius 3 is 2.50 bits per heavy atom. The lowest BCUT2D eigenvalue weighted by molar-refractivity contribution is 0.128. The molecule has 1 amide bonds. The number of ether oxygens (including phenoxy) is 2. The van der Waals surface area contributed by atoms with Crippen molar-refractivity contribution in [1.29, 1.82) is 0 Å². The van der Waals surface area contributed by atoms with E-state index >= 15 is 0 Å². The smallest absolute Gasteiger partial charge is 0.408 e. The van der Waals surface area contributed by atoms with E-state index in [1.165, 1.54) is 16.7 Å². The molecule has 0 atom stereocenters. The minimum absolute atomic E-state index is 0.00925. The first kappa shape index (κ1) is 28.5. The fraction of sp³-hybridized carbons (Fsp3) is 0.345. The van der Waals surface area contributed by atoms with Crippen molar-refractivity contribution in [3.05, 3.63) is 93.6 Å². The summed E-state index contributed by atoms with van der Waals surface area (Å²) in [6, 6.07) is 15.2. The summed E-state index contributed by atoms with van der Waals surface area (Å²) in [6.45, 7) is 5.79. The molecule has 210 valence electrons. The molecule has 0 fully saturated rings. The van der Waals surface area contributed by atoms with Gasteiger partial charge in [-0.3, -0.25) is 9.36 Å². The molecule has 2 heterocycles. The number of carbonyl (C=O) groups is 1. The molecule has 0 saturated carbocycles. The van der Waals surface area contributed by atoms with Crippen molar-refractivity contribution in [1.82, 2.24) is 25.1 Å². The number of halogens is 1. The highest BCUT2D eigenvalue weighted by Crippen LogP contribution is 2.28. The van der Waals surface area contributed by atoms with Crippen LogP contribution in [-0.4, -0.2) is 32.4 Å². The Morgan fingerprint density at radius 1 is 1.07 bits per heavy atom. The number of unbranched alkanes of at least 4 members (excludes halogenated alkanes) is 1. The van der Waals surface area contributed by atoms with Gasteiger partial charge in [-0.25, -0.2) is 14.2 Å². The predicted molar refractivity (Wildman–Crippen MR) is 145 cm³/mol. The number of alkyl carbamates (subject to hydrolysis) is 1. The molecule has 0 unspecified atom stereocenters. The monoisotopic (exact) mass is 549 g/mol. The van der Waals surface area contributed by atoms with Crippen LogP contribution < -0.4 is 15.6 Å². The van der Waals surface area contributed by atoms with E-state index in [1.807, 2.05) is 37.3 Å². The van der Waals surface area contributed by atoms with Crippen LogP contribution in [0.2, 0.25) is 0 Å². The largest absolute Gasteiger partial charge is 0.486 e. The zero-order chi connectivity index (χ0) is 28.7. The maximum atomic E-state index is 13.5. The Bertz CT molecular complexity index is 1500. The highest BCUT2D eigenvalue weighted by molar-refractivity contribution is 5.68. The summed E-state index contributed by atoms with van der Waals surface area (Å²) in [5.41, 5.74) is 0.0780. The molecule has 0 saturated heterocycles. The third-order valence-corrected chi connectivity index (χ3v) is 6.12. The van der Waals surface area contributed by atoms with Gasteiger partial charge in [0.15, 0.2) is 5.69 Å². The topological polar surface area (TPSA) is 121 Å². The van der Waals surface area contributed by atoms with Gasteiger partial charge in [-0.15, -0.1) is 10.2 Å². The van der Waals surface area contributed by atoms with Crippen molar-refractivity contribution in [2.24, 2.45) is 7.05 Å². The molecule has 40 heavy (non-hydrogen) atoms. The highest BCUT2D eigenvalue weighted by Gasteiger charge is 2.32. The summed E-state index contributed by atoms with van der Waals surface area (Å²) in [6.07, 6.45) is 1.18. The second-order valence-electron chi connectivity index (χ2n) is 9.80. The van der Waals surface area contributed by atoms with Crippen LogP contribution in [0.1, 0.15) is 56.5 Å². The maximum Gasteiger partial charge on any atom is 0.408 e. The predicted octanol–water partition coefficient (Wildman–Crippen LogP) is 4.90. The van der Waals surface area contributed by atoms with E-state index in [0.717, 1.165) is 24.0 Å². The molecule has 10 nitrogen and oxygen atoms in total. The zero-order valence-corrected chi connectivity index (χ0v) is 22.9. The first-order valence-corrected chi connectivity index (χ1v) is 13.0. The van der Waals surface area contributed by atoms with Gasteiger partial charge in [0.2, 0.25) is 11.6 Å². The fourth-order valence-corrected chi connectivity index (χ4v) is 4.00. The van der Waals surface area contributed by atoms with Crippen LogP contribution in [0.3, 0.4) is 0 Å². The van der Waals surface area contributed by atoms with Crippen LogP contribution in [0.25, 0.3) is 11.6 Å². The van der Waals surface area contributed by atoms with Gasteiger partial charge in [0.25, 0.3) is 11.4 Å². The summed E-state index contributed by atoms with van der Waals surface area (Å²) in [5.74, 6) is 0.0994. The lowest BCUT2D eigenvalue weighted by Gasteiger charge is -2.27. The lowest BCUT2D eigenvalue weighted by atomic mass is 10.0. The van der Waals surface area contributed by atoms with Gasteiger partial charge in [-0.1, -0.05) is 55.8 Å². The van der Waals surface area contributed by atoms with Crippen molar-refractivity contribution in [3.63, 3.8) is 0 Å². The number of aromatic nitrogens is 4. The molecule has 0 spiro atoms. The molecule has 1 N–H and O–H groups in total. The van der Waals surface area contributed by atoms with Gasteiger partial charge in [0.1, 0.15) is 18.2 Å². The lowest BCUT2D eigenvalue weighted by Crippen LogP contribution is -2.45. The van der Waals surface area contributed by atoms with Gasteiger partial charge in [0, 0.05) is 7.05 Å². The van der Waals surface area contributed by atoms with Gasteiger partial charge < -0.3 is 19.2 Å². The zero-order valence-electron chi connectivity index (χ0n) is 22.9. The van der Waals surface area contributed by atoms with Crippen LogP contribution in [0.4, 0.5) is 9.18 Å². The Labute approximate surface area is 231 Å². The van der Waals surface area contributed by atoms with E-state index in [1.54, 1.807) is 33.0 Å². The van der Waals surface area contributed by atoms with Crippen molar-refractivity contribution in [3.8, 4) is 17.3 Å². The van der Waals surface area contributed by atoms with Crippen molar-refractivity contribution in [2.75, 3.05) is 6.61 Å². The van der Waals surface area contributed by atoms with Crippen LogP contribution >= 0.6 is 0 Å². The molecular formula is C29H32FN5O5. The number of carbonyl (C=O) groups excluding carboxylic acids is 1. The number of hydrogen-bond acceptors (Lipinski definition) is 8.